The molecule has 1 heterocycles. The minimum absolute atomic E-state index is 0.602. The molecule has 0 bridgehead atoms. The van der Waals surface area contributed by atoms with Crippen molar-refractivity contribution in [3.05, 3.63) is 36.2 Å². The maximum Gasteiger partial charge on any atom is 0.203 e. The first-order chi connectivity index (χ1) is 11.6. The second kappa shape index (κ2) is 8.43. The molecule has 0 aliphatic rings. The molecule has 24 heavy (non-hydrogen) atoms. The van der Waals surface area contributed by atoms with Crippen molar-refractivity contribution in [1.29, 1.82) is 0 Å². The van der Waals surface area contributed by atoms with Gasteiger partial charge in [0.25, 0.3) is 0 Å². The van der Waals surface area contributed by atoms with Gasteiger partial charge in [-0.3, -0.25) is 4.98 Å². The van der Waals surface area contributed by atoms with Gasteiger partial charge in [-0.2, -0.15) is 0 Å². The summed E-state index contributed by atoms with van der Waals surface area (Å²) in [6.07, 6.45) is 4.03. The highest BCUT2D eigenvalue weighted by Crippen LogP contribution is 2.42. The molecule has 0 saturated carbocycles. The van der Waals surface area contributed by atoms with Crippen molar-refractivity contribution in [2.45, 2.75) is 26.7 Å². The Labute approximate surface area is 144 Å². The van der Waals surface area contributed by atoms with Gasteiger partial charge in [-0.15, -0.1) is 0 Å². The fraction of sp³-hybridized carbons (Fsp3) is 0.421. The van der Waals surface area contributed by atoms with Crippen molar-refractivity contribution in [3.63, 3.8) is 0 Å². The molecule has 1 aromatic carbocycles. The summed E-state index contributed by atoms with van der Waals surface area (Å²) in [5.74, 6) is 1.91. The van der Waals surface area contributed by atoms with Gasteiger partial charge in [0.15, 0.2) is 11.5 Å². The van der Waals surface area contributed by atoms with E-state index in [0.29, 0.717) is 17.2 Å². The number of hydrogen-bond acceptors (Lipinski definition) is 5. The van der Waals surface area contributed by atoms with E-state index in [2.05, 4.69) is 22.9 Å². The number of nitrogens with zero attached hydrogens (tertiary/aromatic N) is 2. The van der Waals surface area contributed by atoms with Crippen molar-refractivity contribution in [1.82, 2.24) is 4.98 Å². The van der Waals surface area contributed by atoms with Crippen LogP contribution in [-0.2, 0) is 0 Å². The van der Waals surface area contributed by atoms with E-state index < -0.39 is 0 Å². The first-order valence-electron chi connectivity index (χ1n) is 8.14. The van der Waals surface area contributed by atoms with Gasteiger partial charge in [0.2, 0.25) is 5.75 Å². The molecule has 130 valence electrons. The number of ether oxygens (including phenoxy) is 3. The second-order valence-electron chi connectivity index (χ2n) is 5.54. The van der Waals surface area contributed by atoms with Crippen LogP contribution in [0.25, 0.3) is 0 Å². The highest BCUT2D eigenvalue weighted by atomic mass is 16.5. The van der Waals surface area contributed by atoms with Crippen LogP contribution >= 0.6 is 0 Å². The number of unbranched alkanes of at least 4 members (excludes halogenated alkanes) is 1. The predicted molar refractivity (Wildman–Crippen MR) is 97.0 cm³/mol. The van der Waals surface area contributed by atoms with Crippen LogP contribution in [0.15, 0.2) is 30.5 Å². The van der Waals surface area contributed by atoms with Gasteiger partial charge in [0, 0.05) is 41.9 Å². The summed E-state index contributed by atoms with van der Waals surface area (Å²) in [6.45, 7) is 5.08. The number of rotatable bonds is 8. The summed E-state index contributed by atoms with van der Waals surface area (Å²) >= 11 is 0. The third kappa shape index (κ3) is 3.91. The first-order valence-corrected chi connectivity index (χ1v) is 8.14. The van der Waals surface area contributed by atoms with E-state index >= 15 is 0 Å². The molecular formula is C19H26N2O3. The topological polar surface area (TPSA) is 43.8 Å². The molecule has 0 unspecified atom stereocenters. The molecule has 2 rings (SSSR count). The van der Waals surface area contributed by atoms with Crippen LogP contribution < -0.4 is 19.1 Å². The molecular weight excluding hydrogens is 304 g/mol. The lowest BCUT2D eigenvalue weighted by atomic mass is 10.2. The van der Waals surface area contributed by atoms with E-state index in [1.807, 2.05) is 31.3 Å². The Bertz CT molecular complexity index is 648. The zero-order valence-electron chi connectivity index (χ0n) is 15.1. The number of aryl methyl sites for hydroxylation is 1. The van der Waals surface area contributed by atoms with Crippen molar-refractivity contribution in [2.24, 2.45) is 0 Å². The summed E-state index contributed by atoms with van der Waals surface area (Å²) in [5.41, 5.74) is 3.09. The van der Waals surface area contributed by atoms with E-state index in [0.717, 1.165) is 36.5 Å². The monoisotopic (exact) mass is 330 g/mol. The zero-order valence-corrected chi connectivity index (χ0v) is 15.1. The highest BCUT2D eigenvalue weighted by Gasteiger charge is 2.17. The van der Waals surface area contributed by atoms with E-state index in [1.54, 1.807) is 21.3 Å². The standard InChI is InChI=1S/C19H26N2O3/c1-6-7-10-21(15-8-9-20-14(2)11-15)16-12-17(22-3)19(24-5)18(13-16)23-4/h8-9,11-13H,6-7,10H2,1-5H3. The minimum atomic E-state index is 0.602. The maximum atomic E-state index is 5.49. The van der Waals surface area contributed by atoms with Crippen molar-refractivity contribution >= 4 is 11.4 Å². The fourth-order valence-electron chi connectivity index (χ4n) is 2.65. The second-order valence-corrected chi connectivity index (χ2v) is 5.54. The van der Waals surface area contributed by atoms with Crippen LogP contribution in [0, 0.1) is 6.92 Å². The number of pyridine rings is 1. The van der Waals surface area contributed by atoms with Crippen LogP contribution in [0.2, 0.25) is 0 Å². The van der Waals surface area contributed by atoms with Crippen molar-refractivity contribution in [3.8, 4) is 17.2 Å². The average molecular weight is 330 g/mol. The van der Waals surface area contributed by atoms with Gasteiger partial charge in [-0.05, 0) is 25.5 Å². The molecule has 5 nitrogen and oxygen atoms in total. The Morgan fingerprint density at radius 2 is 1.62 bits per heavy atom. The summed E-state index contributed by atoms with van der Waals surface area (Å²) in [6, 6.07) is 8.06. The Hall–Kier alpha value is -2.43. The van der Waals surface area contributed by atoms with E-state index in [4.69, 9.17) is 14.2 Å². The van der Waals surface area contributed by atoms with Gasteiger partial charge in [0.05, 0.1) is 21.3 Å². The molecule has 0 spiro atoms. The largest absolute Gasteiger partial charge is 0.493 e. The average Bonchev–Trinajstić information content (AvgIpc) is 2.61. The number of aromatic nitrogens is 1. The molecule has 0 aliphatic heterocycles. The van der Waals surface area contributed by atoms with Gasteiger partial charge < -0.3 is 19.1 Å². The maximum absolute atomic E-state index is 5.49. The van der Waals surface area contributed by atoms with E-state index in [1.165, 1.54) is 0 Å². The normalized spacial score (nSPS) is 10.4. The summed E-state index contributed by atoms with van der Waals surface area (Å²) < 4.78 is 16.4. The first kappa shape index (κ1) is 17.9. The number of anilines is 2. The smallest absolute Gasteiger partial charge is 0.203 e. The number of methoxy groups -OCH3 is 3. The molecule has 0 aliphatic carbocycles. The molecule has 2 aromatic rings. The van der Waals surface area contributed by atoms with Crippen LogP contribution in [0.1, 0.15) is 25.5 Å². The summed E-state index contributed by atoms with van der Waals surface area (Å²) in [5, 5.41) is 0. The summed E-state index contributed by atoms with van der Waals surface area (Å²) in [4.78, 5) is 6.55. The molecule has 0 saturated heterocycles. The molecule has 0 atom stereocenters. The van der Waals surface area contributed by atoms with Crippen LogP contribution in [-0.4, -0.2) is 32.9 Å². The lowest BCUT2D eigenvalue weighted by Crippen LogP contribution is -2.19. The molecule has 0 N–H and O–H groups in total. The van der Waals surface area contributed by atoms with Gasteiger partial charge in [-0.25, -0.2) is 0 Å². The Morgan fingerprint density at radius 1 is 0.958 bits per heavy atom. The molecule has 0 radical (unpaired) electrons. The highest BCUT2D eigenvalue weighted by molar-refractivity contribution is 5.70. The molecule has 1 aromatic heterocycles. The Balaban J connectivity index is 2.53. The predicted octanol–water partition coefficient (Wildman–Crippen LogP) is 4.35. The van der Waals surface area contributed by atoms with Crippen LogP contribution in [0.3, 0.4) is 0 Å². The lowest BCUT2D eigenvalue weighted by Gasteiger charge is -2.26. The van der Waals surface area contributed by atoms with Crippen molar-refractivity contribution < 1.29 is 14.2 Å². The SMILES string of the molecule is CCCCN(c1ccnc(C)c1)c1cc(OC)c(OC)c(OC)c1. The number of benzene rings is 1. The van der Waals surface area contributed by atoms with E-state index in [9.17, 15) is 0 Å². The van der Waals surface area contributed by atoms with Gasteiger partial charge >= 0.3 is 0 Å². The lowest BCUT2D eigenvalue weighted by molar-refractivity contribution is 0.324. The van der Waals surface area contributed by atoms with Crippen LogP contribution in [0.5, 0.6) is 17.2 Å². The van der Waals surface area contributed by atoms with Gasteiger partial charge in [-0.1, -0.05) is 13.3 Å². The third-order valence-corrected chi connectivity index (χ3v) is 3.89. The number of hydrogen-bond donors (Lipinski definition) is 0. The minimum Gasteiger partial charge on any atom is -0.493 e. The molecule has 5 heteroatoms. The quantitative estimate of drug-likeness (QED) is 0.720. The van der Waals surface area contributed by atoms with Crippen molar-refractivity contribution in [2.75, 3.05) is 32.8 Å². The Morgan fingerprint density at radius 3 is 2.12 bits per heavy atom. The Kier molecular flexibility index (Phi) is 6.29. The summed E-state index contributed by atoms with van der Waals surface area (Å²) in [7, 11) is 4.88. The molecule has 0 fully saturated rings. The van der Waals surface area contributed by atoms with Crippen LogP contribution in [0.4, 0.5) is 11.4 Å². The van der Waals surface area contributed by atoms with Gasteiger partial charge in [0.1, 0.15) is 0 Å². The van der Waals surface area contributed by atoms with E-state index in [-0.39, 0.29) is 0 Å². The molecule has 0 amide bonds. The third-order valence-electron chi connectivity index (χ3n) is 3.89. The fourth-order valence-corrected chi connectivity index (χ4v) is 2.65. The zero-order chi connectivity index (χ0) is 17.5.